The van der Waals surface area contributed by atoms with Crippen LogP contribution in [0, 0.1) is 5.82 Å². The molecule has 2 aromatic carbocycles. The Kier molecular flexibility index (Phi) is 5.81. The first kappa shape index (κ1) is 20.3. The average molecular weight is 399 g/mol. The van der Waals surface area contributed by atoms with Gasteiger partial charge in [0.2, 0.25) is 5.43 Å². The summed E-state index contributed by atoms with van der Waals surface area (Å²) in [6, 6.07) is 9.20. The van der Waals surface area contributed by atoms with Crippen molar-refractivity contribution in [2.24, 2.45) is 0 Å². The fourth-order valence-corrected chi connectivity index (χ4v) is 3.15. The molecule has 152 valence electrons. The van der Waals surface area contributed by atoms with Gasteiger partial charge in [-0.2, -0.15) is 5.10 Å². The van der Waals surface area contributed by atoms with Crippen LogP contribution >= 0.6 is 0 Å². The summed E-state index contributed by atoms with van der Waals surface area (Å²) in [6.07, 6.45) is 0. The van der Waals surface area contributed by atoms with E-state index in [0.29, 0.717) is 23.6 Å². The standard InChI is InChI=1S/C21H22FN3O4/c1-5-25-16-8-7-14(22)11-15(16)20(26)19(23-25)21(27)24(2)12-13-6-9-17(28-3)18(10-13)29-4/h6-11H,5,12H2,1-4H3. The Morgan fingerprint density at radius 3 is 2.52 bits per heavy atom. The predicted octanol–water partition coefficient (Wildman–Crippen LogP) is 2.84. The highest BCUT2D eigenvalue weighted by Gasteiger charge is 2.21. The minimum Gasteiger partial charge on any atom is -0.493 e. The Bertz CT molecular complexity index is 1130. The molecule has 0 spiro atoms. The molecule has 1 aromatic heterocycles. The first-order valence-electron chi connectivity index (χ1n) is 9.06. The second-order valence-corrected chi connectivity index (χ2v) is 6.51. The van der Waals surface area contributed by atoms with E-state index in [9.17, 15) is 14.0 Å². The normalized spacial score (nSPS) is 10.8. The van der Waals surface area contributed by atoms with Crippen LogP contribution in [0.1, 0.15) is 23.0 Å². The molecule has 3 rings (SSSR count). The van der Waals surface area contributed by atoms with Crippen molar-refractivity contribution in [3.05, 3.63) is 63.7 Å². The second kappa shape index (κ2) is 8.30. The molecule has 0 unspecified atom stereocenters. The zero-order valence-electron chi connectivity index (χ0n) is 16.7. The van der Waals surface area contributed by atoms with Gasteiger partial charge in [-0.25, -0.2) is 4.39 Å². The molecule has 1 heterocycles. The van der Waals surface area contributed by atoms with Crippen LogP contribution < -0.4 is 14.9 Å². The molecular formula is C21H22FN3O4. The summed E-state index contributed by atoms with van der Waals surface area (Å²) < 4.78 is 25.7. The molecule has 8 heteroatoms. The zero-order valence-corrected chi connectivity index (χ0v) is 16.7. The number of fused-ring (bicyclic) bond motifs is 1. The number of carbonyl (C=O) groups excluding carboxylic acids is 1. The maximum Gasteiger partial charge on any atom is 0.278 e. The number of rotatable bonds is 6. The molecule has 0 aliphatic rings. The van der Waals surface area contributed by atoms with Gasteiger partial charge in [0.1, 0.15) is 5.82 Å². The molecular weight excluding hydrogens is 377 g/mol. The molecule has 0 saturated carbocycles. The molecule has 0 atom stereocenters. The molecule has 0 aliphatic heterocycles. The number of ether oxygens (including phenoxy) is 2. The van der Waals surface area contributed by atoms with Crippen molar-refractivity contribution >= 4 is 16.8 Å². The highest BCUT2D eigenvalue weighted by Crippen LogP contribution is 2.28. The highest BCUT2D eigenvalue weighted by molar-refractivity contribution is 5.95. The Hall–Kier alpha value is -3.42. The van der Waals surface area contributed by atoms with Crippen molar-refractivity contribution in [3.63, 3.8) is 0 Å². The third-order valence-electron chi connectivity index (χ3n) is 4.63. The van der Waals surface area contributed by atoms with Gasteiger partial charge in [-0.05, 0) is 42.8 Å². The molecule has 0 N–H and O–H groups in total. The van der Waals surface area contributed by atoms with Gasteiger partial charge in [-0.1, -0.05) is 6.07 Å². The van der Waals surface area contributed by atoms with Crippen LogP contribution in [0.25, 0.3) is 10.9 Å². The highest BCUT2D eigenvalue weighted by atomic mass is 19.1. The van der Waals surface area contributed by atoms with Gasteiger partial charge in [0.05, 0.1) is 25.1 Å². The molecule has 0 fully saturated rings. The largest absolute Gasteiger partial charge is 0.493 e. The second-order valence-electron chi connectivity index (χ2n) is 6.51. The van der Waals surface area contributed by atoms with Gasteiger partial charge in [0, 0.05) is 20.1 Å². The molecule has 7 nitrogen and oxygen atoms in total. The molecule has 29 heavy (non-hydrogen) atoms. The van der Waals surface area contributed by atoms with Crippen molar-refractivity contribution < 1.29 is 18.7 Å². The van der Waals surface area contributed by atoms with Crippen molar-refractivity contribution in [2.45, 2.75) is 20.0 Å². The van der Waals surface area contributed by atoms with Crippen molar-refractivity contribution in [1.82, 2.24) is 14.7 Å². The number of halogens is 1. The maximum absolute atomic E-state index is 13.7. The SMILES string of the molecule is CCn1nc(C(=O)N(C)Cc2ccc(OC)c(OC)c2)c(=O)c2cc(F)ccc21. The number of hydrogen-bond acceptors (Lipinski definition) is 5. The summed E-state index contributed by atoms with van der Waals surface area (Å²) in [5.41, 5.74) is 0.445. The molecule has 0 bridgehead atoms. The van der Waals surface area contributed by atoms with E-state index in [0.717, 1.165) is 11.6 Å². The van der Waals surface area contributed by atoms with Gasteiger partial charge in [0.15, 0.2) is 17.2 Å². The van der Waals surface area contributed by atoms with E-state index in [1.807, 2.05) is 6.92 Å². The van der Waals surface area contributed by atoms with E-state index in [4.69, 9.17) is 9.47 Å². The average Bonchev–Trinajstić information content (AvgIpc) is 2.73. The third-order valence-corrected chi connectivity index (χ3v) is 4.63. The summed E-state index contributed by atoms with van der Waals surface area (Å²) in [6.45, 7) is 2.50. The first-order valence-corrected chi connectivity index (χ1v) is 9.06. The number of carbonyl (C=O) groups is 1. The summed E-state index contributed by atoms with van der Waals surface area (Å²) in [5.74, 6) is 0.0338. The molecule has 1 amide bonds. The van der Waals surface area contributed by atoms with Crippen LogP contribution in [0.15, 0.2) is 41.2 Å². The Morgan fingerprint density at radius 2 is 1.86 bits per heavy atom. The van der Waals surface area contributed by atoms with Gasteiger partial charge >= 0.3 is 0 Å². The Morgan fingerprint density at radius 1 is 1.14 bits per heavy atom. The van der Waals surface area contributed by atoms with Crippen LogP contribution in [0.2, 0.25) is 0 Å². The zero-order chi connectivity index (χ0) is 21.1. The lowest BCUT2D eigenvalue weighted by molar-refractivity contribution is 0.0775. The third kappa shape index (κ3) is 3.91. The van der Waals surface area contributed by atoms with Gasteiger partial charge in [0.25, 0.3) is 5.91 Å². The van der Waals surface area contributed by atoms with E-state index in [2.05, 4.69) is 5.10 Å². The quantitative estimate of drug-likeness (QED) is 0.637. The summed E-state index contributed by atoms with van der Waals surface area (Å²) in [5, 5.41) is 4.35. The number of hydrogen-bond donors (Lipinski definition) is 0. The number of aryl methyl sites for hydroxylation is 1. The molecule has 0 aliphatic carbocycles. The van der Waals surface area contributed by atoms with Crippen LogP contribution in [-0.2, 0) is 13.1 Å². The van der Waals surface area contributed by atoms with Crippen LogP contribution in [0.4, 0.5) is 4.39 Å². The summed E-state index contributed by atoms with van der Waals surface area (Å²) >= 11 is 0. The van der Waals surface area contributed by atoms with E-state index < -0.39 is 17.2 Å². The first-order chi connectivity index (χ1) is 13.9. The number of nitrogens with zero attached hydrogens (tertiary/aromatic N) is 3. The van der Waals surface area contributed by atoms with Crippen molar-refractivity contribution in [3.8, 4) is 11.5 Å². The van der Waals surface area contributed by atoms with Crippen molar-refractivity contribution in [2.75, 3.05) is 21.3 Å². The lowest BCUT2D eigenvalue weighted by Crippen LogP contribution is -2.33. The lowest BCUT2D eigenvalue weighted by Gasteiger charge is -2.18. The fourth-order valence-electron chi connectivity index (χ4n) is 3.15. The van der Waals surface area contributed by atoms with Gasteiger partial charge < -0.3 is 14.4 Å². The monoisotopic (exact) mass is 399 g/mol. The predicted molar refractivity (Wildman–Crippen MR) is 107 cm³/mol. The summed E-state index contributed by atoms with van der Waals surface area (Å²) in [4.78, 5) is 27.1. The van der Waals surface area contributed by atoms with E-state index in [-0.39, 0.29) is 17.6 Å². The molecule has 3 aromatic rings. The van der Waals surface area contributed by atoms with Crippen molar-refractivity contribution in [1.29, 1.82) is 0 Å². The number of benzene rings is 2. The van der Waals surface area contributed by atoms with E-state index in [1.54, 1.807) is 32.4 Å². The van der Waals surface area contributed by atoms with Crippen LogP contribution in [0.5, 0.6) is 11.5 Å². The van der Waals surface area contributed by atoms with Gasteiger partial charge in [-0.3, -0.25) is 14.3 Å². The number of aromatic nitrogens is 2. The molecule has 0 saturated heterocycles. The Labute approximate surface area is 167 Å². The minimum absolute atomic E-state index is 0.129. The fraction of sp³-hybridized carbons (Fsp3) is 0.286. The number of amides is 1. The smallest absolute Gasteiger partial charge is 0.278 e. The van der Waals surface area contributed by atoms with Crippen LogP contribution in [-0.4, -0.2) is 41.9 Å². The lowest BCUT2D eigenvalue weighted by atomic mass is 10.1. The maximum atomic E-state index is 13.7. The minimum atomic E-state index is -0.589. The topological polar surface area (TPSA) is 73.7 Å². The molecule has 0 radical (unpaired) electrons. The van der Waals surface area contributed by atoms with E-state index >= 15 is 0 Å². The summed E-state index contributed by atoms with van der Waals surface area (Å²) in [7, 11) is 4.65. The number of methoxy groups -OCH3 is 2. The van der Waals surface area contributed by atoms with Gasteiger partial charge in [-0.15, -0.1) is 0 Å². The van der Waals surface area contributed by atoms with Crippen LogP contribution in [0.3, 0.4) is 0 Å². The van der Waals surface area contributed by atoms with E-state index in [1.165, 1.54) is 28.8 Å². The Balaban J connectivity index is 1.96.